The van der Waals surface area contributed by atoms with Gasteiger partial charge in [0.2, 0.25) is 5.91 Å². The number of halogens is 1. The lowest BCUT2D eigenvalue weighted by molar-refractivity contribution is -0.117. The summed E-state index contributed by atoms with van der Waals surface area (Å²) in [5.74, 6) is 0.652. The largest absolute Gasteiger partial charge is 0.497 e. The number of ether oxygens (including phenoxy) is 1. The van der Waals surface area contributed by atoms with Crippen LogP contribution in [-0.4, -0.2) is 30.3 Å². The molecule has 0 aliphatic carbocycles. The monoisotopic (exact) mass is 376 g/mol. The molecule has 5 nitrogen and oxygen atoms in total. The average molecular weight is 376 g/mol. The predicted molar refractivity (Wildman–Crippen MR) is 103 cm³/mol. The summed E-state index contributed by atoms with van der Waals surface area (Å²) in [7, 11) is 4.28. The lowest BCUT2D eigenvalue weighted by atomic mass is 9.98. The summed E-state index contributed by atoms with van der Waals surface area (Å²) in [6, 6.07) is 9.03. The van der Waals surface area contributed by atoms with Crippen LogP contribution < -0.4 is 20.5 Å². The minimum Gasteiger partial charge on any atom is -0.497 e. The van der Waals surface area contributed by atoms with Crippen molar-refractivity contribution >= 4 is 26.1 Å². The Hall–Kier alpha value is -2.20. The summed E-state index contributed by atoms with van der Waals surface area (Å²) < 4.78 is 19.8. The highest BCUT2D eigenvalue weighted by Gasteiger charge is 2.33. The summed E-state index contributed by atoms with van der Waals surface area (Å²) in [6.07, 6.45) is 0.746. The normalized spacial score (nSPS) is 18.2. The van der Waals surface area contributed by atoms with Crippen molar-refractivity contribution < 1.29 is 13.9 Å². The highest BCUT2D eigenvalue weighted by Crippen LogP contribution is 2.31. The van der Waals surface area contributed by atoms with Gasteiger partial charge in [-0.1, -0.05) is 6.07 Å². The first-order chi connectivity index (χ1) is 12.4. The fourth-order valence-corrected chi connectivity index (χ4v) is 3.84. The Kier molecular flexibility index (Phi) is 5.42. The van der Waals surface area contributed by atoms with Crippen molar-refractivity contribution in [2.75, 3.05) is 18.6 Å². The summed E-state index contributed by atoms with van der Waals surface area (Å²) >= 11 is 0. The number of hydrogen-bond donors (Lipinski definition) is 0. The molecule has 26 heavy (non-hydrogen) atoms. The maximum atomic E-state index is 13.3. The van der Waals surface area contributed by atoms with Crippen molar-refractivity contribution in [3.05, 3.63) is 52.4 Å². The van der Waals surface area contributed by atoms with Gasteiger partial charge in [-0.15, -0.1) is 9.24 Å². The van der Waals surface area contributed by atoms with Gasteiger partial charge in [0.15, 0.2) is 0 Å². The number of alkyl halides is 1. The number of aromatic nitrogens is 1. The number of anilines is 1. The first-order valence-electron chi connectivity index (χ1n) is 8.48. The molecule has 3 atom stereocenters. The lowest BCUT2D eigenvalue weighted by Crippen LogP contribution is -2.34. The van der Waals surface area contributed by atoms with E-state index in [1.165, 1.54) is 16.4 Å². The van der Waals surface area contributed by atoms with E-state index < -0.39 is 6.17 Å². The second-order valence-corrected chi connectivity index (χ2v) is 7.15. The summed E-state index contributed by atoms with van der Waals surface area (Å²) in [5.41, 5.74) is 1.01. The van der Waals surface area contributed by atoms with Crippen LogP contribution in [0.1, 0.15) is 24.8 Å². The van der Waals surface area contributed by atoms with Gasteiger partial charge in [0.1, 0.15) is 17.6 Å². The van der Waals surface area contributed by atoms with E-state index in [1.54, 1.807) is 25.4 Å². The molecule has 3 rings (SSSR count). The molecule has 1 amide bonds. The Morgan fingerprint density at radius 1 is 1.35 bits per heavy atom. The van der Waals surface area contributed by atoms with E-state index in [1.807, 2.05) is 18.2 Å². The van der Waals surface area contributed by atoms with E-state index in [9.17, 15) is 14.0 Å². The SMILES string of the molecule is COc1ccc([C@H]2CC(=O)N(c3cccn(CC(C)F)c3=O)C2)c(P)c1. The summed E-state index contributed by atoms with van der Waals surface area (Å²) in [5, 5.41) is 0.973. The maximum Gasteiger partial charge on any atom is 0.274 e. The van der Waals surface area contributed by atoms with Crippen LogP contribution in [0.3, 0.4) is 0 Å². The molecule has 0 N–H and O–H groups in total. The van der Waals surface area contributed by atoms with E-state index in [2.05, 4.69) is 9.24 Å². The number of pyridine rings is 1. The zero-order chi connectivity index (χ0) is 18.8. The van der Waals surface area contributed by atoms with Crippen LogP contribution in [0.5, 0.6) is 5.75 Å². The zero-order valence-corrected chi connectivity index (χ0v) is 16.0. The number of methoxy groups -OCH3 is 1. The maximum absolute atomic E-state index is 13.3. The van der Waals surface area contributed by atoms with Crippen LogP contribution >= 0.6 is 9.24 Å². The minimum absolute atomic E-state index is 0.00550. The van der Waals surface area contributed by atoms with Crippen molar-refractivity contribution in [1.29, 1.82) is 0 Å². The molecule has 138 valence electrons. The average Bonchev–Trinajstić information content (AvgIpc) is 2.97. The van der Waals surface area contributed by atoms with Gasteiger partial charge in [0.25, 0.3) is 5.56 Å². The van der Waals surface area contributed by atoms with Crippen LogP contribution in [0.15, 0.2) is 41.3 Å². The number of carbonyl (C=O) groups excluding carboxylic acids is 1. The van der Waals surface area contributed by atoms with Gasteiger partial charge in [0.05, 0.1) is 13.7 Å². The topological polar surface area (TPSA) is 51.5 Å². The molecule has 0 spiro atoms. The fourth-order valence-electron chi connectivity index (χ4n) is 3.34. The van der Waals surface area contributed by atoms with E-state index in [-0.39, 0.29) is 23.9 Å². The first-order valence-corrected chi connectivity index (χ1v) is 9.05. The van der Waals surface area contributed by atoms with E-state index in [0.29, 0.717) is 18.7 Å². The molecular weight excluding hydrogens is 354 g/mol. The van der Waals surface area contributed by atoms with E-state index >= 15 is 0 Å². The van der Waals surface area contributed by atoms with Gasteiger partial charge in [0, 0.05) is 25.1 Å². The van der Waals surface area contributed by atoms with Gasteiger partial charge < -0.3 is 14.2 Å². The Balaban J connectivity index is 1.88. The second kappa shape index (κ2) is 7.58. The molecule has 1 aliphatic heterocycles. The number of amides is 1. The molecule has 2 unspecified atom stereocenters. The number of carbonyl (C=O) groups is 1. The fraction of sp³-hybridized carbons (Fsp3) is 0.368. The van der Waals surface area contributed by atoms with E-state index in [4.69, 9.17) is 4.74 Å². The van der Waals surface area contributed by atoms with Crippen LogP contribution in [-0.2, 0) is 11.3 Å². The van der Waals surface area contributed by atoms with Gasteiger partial charge >= 0.3 is 0 Å². The number of hydrogen-bond acceptors (Lipinski definition) is 3. The molecular formula is C19H22FN2O3P. The first kappa shape index (κ1) is 18.6. The molecule has 0 radical (unpaired) electrons. The standard InChI is InChI=1S/C19H22FN2O3P/c1-12(20)10-21-7-3-4-16(19(21)24)22-11-13(8-18(22)23)15-6-5-14(25-2)9-17(15)26/h3-7,9,12-13H,8,10-11,26H2,1-2H3/t12?,13-/m0/s1. The highest BCUT2D eigenvalue weighted by molar-refractivity contribution is 7.27. The van der Waals surface area contributed by atoms with Gasteiger partial charge in [-0.3, -0.25) is 9.59 Å². The molecule has 7 heteroatoms. The molecule has 1 saturated heterocycles. The van der Waals surface area contributed by atoms with Crippen molar-refractivity contribution in [3.8, 4) is 5.75 Å². The van der Waals surface area contributed by atoms with Gasteiger partial charge in [-0.05, 0) is 42.1 Å². The Bertz CT molecular complexity index is 881. The molecule has 1 aromatic carbocycles. The molecule has 2 aromatic rings. The van der Waals surface area contributed by atoms with Gasteiger partial charge in [-0.25, -0.2) is 4.39 Å². The predicted octanol–water partition coefficient (Wildman–Crippen LogP) is 2.24. The quantitative estimate of drug-likeness (QED) is 0.752. The van der Waals surface area contributed by atoms with Crippen LogP contribution in [0.25, 0.3) is 0 Å². The molecule has 0 saturated carbocycles. The summed E-state index contributed by atoms with van der Waals surface area (Å²) in [6.45, 7) is 1.81. The third-order valence-corrected chi connectivity index (χ3v) is 5.10. The van der Waals surface area contributed by atoms with Crippen LogP contribution in [0, 0.1) is 0 Å². The Labute approximate surface area is 154 Å². The number of rotatable bonds is 5. The Morgan fingerprint density at radius 3 is 2.77 bits per heavy atom. The lowest BCUT2D eigenvalue weighted by Gasteiger charge is -2.18. The molecule has 0 bridgehead atoms. The van der Waals surface area contributed by atoms with Crippen molar-refractivity contribution in [3.63, 3.8) is 0 Å². The molecule has 1 aliphatic rings. The third kappa shape index (κ3) is 3.65. The third-order valence-electron chi connectivity index (χ3n) is 4.60. The smallest absolute Gasteiger partial charge is 0.274 e. The van der Waals surface area contributed by atoms with Crippen LogP contribution in [0.2, 0.25) is 0 Å². The van der Waals surface area contributed by atoms with Crippen LogP contribution in [0.4, 0.5) is 10.1 Å². The second-order valence-electron chi connectivity index (χ2n) is 6.53. The molecule has 1 fully saturated rings. The zero-order valence-electron chi connectivity index (χ0n) is 14.8. The molecule has 1 aromatic heterocycles. The number of nitrogens with zero attached hydrogens (tertiary/aromatic N) is 2. The molecule has 2 heterocycles. The minimum atomic E-state index is -1.14. The van der Waals surface area contributed by atoms with Crippen molar-refractivity contribution in [1.82, 2.24) is 4.57 Å². The van der Waals surface area contributed by atoms with E-state index in [0.717, 1.165) is 16.6 Å². The highest BCUT2D eigenvalue weighted by atomic mass is 31.0. The Morgan fingerprint density at radius 2 is 2.12 bits per heavy atom. The number of benzene rings is 1. The summed E-state index contributed by atoms with van der Waals surface area (Å²) in [4.78, 5) is 26.7. The van der Waals surface area contributed by atoms with Crippen molar-refractivity contribution in [2.24, 2.45) is 0 Å². The van der Waals surface area contributed by atoms with Crippen molar-refractivity contribution in [2.45, 2.75) is 32.0 Å². The van der Waals surface area contributed by atoms with Gasteiger partial charge in [-0.2, -0.15) is 0 Å².